The molecule has 0 unspecified atom stereocenters. The van der Waals surface area contributed by atoms with Gasteiger partial charge in [-0.05, 0) is 25.8 Å². The molecule has 2 rings (SSSR count). The van der Waals surface area contributed by atoms with Crippen LogP contribution in [-0.2, 0) is 0 Å². The summed E-state index contributed by atoms with van der Waals surface area (Å²) in [5.74, 6) is 1.73. The molecular formula is C11H13ClN2S2. The Kier molecular flexibility index (Phi) is 4.05. The smallest absolute Gasteiger partial charge is 0.128 e. The lowest BCUT2D eigenvalue weighted by Gasteiger charge is -2.01. The molecule has 0 amide bonds. The summed E-state index contributed by atoms with van der Waals surface area (Å²) in [6, 6.07) is 0. The second kappa shape index (κ2) is 5.34. The van der Waals surface area contributed by atoms with Crippen LogP contribution in [0.15, 0.2) is 11.4 Å². The molecule has 2 nitrogen and oxygen atoms in total. The van der Waals surface area contributed by atoms with E-state index in [-0.39, 0.29) is 0 Å². The summed E-state index contributed by atoms with van der Waals surface area (Å²) in [6.07, 6.45) is 2.67. The van der Waals surface area contributed by atoms with Crippen molar-refractivity contribution in [3.8, 4) is 0 Å². The Hall–Kier alpha value is -0.320. The SMILES string of the molecule is Cc1sc2ncnc(SCCCCl)c2c1C. The van der Waals surface area contributed by atoms with E-state index in [4.69, 9.17) is 11.6 Å². The topological polar surface area (TPSA) is 25.8 Å². The number of hydrogen-bond donors (Lipinski definition) is 0. The molecule has 0 atom stereocenters. The predicted molar refractivity (Wildman–Crippen MR) is 73.0 cm³/mol. The van der Waals surface area contributed by atoms with Gasteiger partial charge < -0.3 is 0 Å². The highest BCUT2D eigenvalue weighted by Crippen LogP contribution is 2.34. The average molecular weight is 273 g/mol. The fourth-order valence-corrected chi connectivity index (χ4v) is 3.83. The molecule has 2 aromatic heterocycles. The zero-order valence-corrected chi connectivity index (χ0v) is 11.7. The number of aryl methyl sites for hydroxylation is 2. The van der Waals surface area contributed by atoms with Gasteiger partial charge in [-0.25, -0.2) is 9.97 Å². The van der Waals surface area contributed by atoms with Gasteiger partial charge in [0.2, 0.25) is 0 Å². The van der Waals surface area contributed by atoms with Crippen LogP contribution < -0.4 is 0 Å². The maximum atomic E-state index is 5.68. The first-order valence-electron chi connectivity index (χ1n) is 5.13. The molecule has 0 aromatic carbocycles. The summed E-state index contributed by atoms with van der Waals surface area (Å²) in [5, 5.41) is 2.32. The first kappa shape index (κ1) is 12.1. The van der Waals surface area contributed by atoms with E-state index in [9.17, 15) is 0 Å². The zero-order chi connectivity index (χ0) is 11.5. The largest absolute Gasteiger partial charge is 0.229 e. The quantitative estimate of drug-likeness (QED) is 0.364. The fraction of sp³-hybridized carbons (Fsp3) is 0.455. The predicted octanol–water partition coefficient (Wildman–Crippen LogP) is 4.03. The third-order valence-electron chi connectivity index (χ3n) is 2.45. The minimum absolute atomic E-state index is 0.711. The van der Waals surface area contributed by atoms with Crippen LogP contribution in [0.5, 0.6) is 0 Å². The van der Waals surface area contributed by atoms with Gasteiger partial charge >= 0.3 is 0 Å². The van der Waals surface area contributed by atoms with Crippen LogP contribution in [0.1, 0.15) is 16.9 Å². The van der Waals surface area contributed by atoms with Crippen LogP contribution in [-0.4, -0.2) is 21.6 Å². The van der Waals surface area contributed by atoms with E-state index in [0.717, 1.165) is 22.0 Å². The summed E-state index contributed by atoms with van der Waals surface area (Å²) < 4.78 is 0. The normalized spacial score (nSPS) is 11.2. The number of nitrogens with zero attached hydrogens (tertiary/aromatic N) is 2. The molecule has 0 fully saturated rings. The van der Waals surface area contributed by atoms with Gasteiger partial charge in [0.1, 0.15) is 16.2 Å². The van der Waals surface area contributed by atoms with Crippen molar-refractivity contribution in [1.82, 2.24) is 9.97 Å². The number of thiophene rings is 1. The Morgan fingerprint density at radius 1 is 1.38 bits per heavy atom. The molecule has 0 aliphatic carbocycles. The van der Waals surface area contributed by atoms with Crippen LogP contribution in [0.4, 0.5) is 0 Å². The lowest BCUT2D eigenvalue weighted by Crippen LogP contribution is -1.87. The van der Waals surface area contributed by atoms with Crippen molar-refractivity contribution in [3.63, 3.8) is 0 Å². The fourth-order valence-electron chi connectivity index (χ4n) is 1.48. The Balaban J connectivity index is 2.36. The highest BCUT2D eigenvalue weighted by atomic mass is 35.5. The number of aromatic nitrogens is 2. The molecule has 0 saturated heterocycles. The van der Waals surface area contributed by atoms with Crippen LogP contribution >= 0.6 is 34.7 Å². The standard InChI is InChI=1S/C11H13ClN2S2/c1-7-8(2)16-11-9(7)10(13-6-14-11)15-5-3-4-12/h6H,3-5H2,1-2H3. The van der Waals surface area contributed by atoms with Crippen LogP contribution in [0.3, 0.4) is 0 Å². The van der Waals surface area contributed by atoms with Gasteiger partial charge in [-0.15, -0.1) is 34.7 Å². The number of hydrogen-bond acceptors (Lipinski definition) is 4. The third kappa shape index (κ3) is 2.34. The van der Waals surface area contributed by atoms with Crippen molar-refractivity contribution < 1.29 is 0 Å². The van der Waals surface area contributed by atoms with Crippen molar-refractivity contribution >= 4 is 44.9 Å². The molecule has 0 spiro atoms. The molecule has 2 aromatic rings. The van der Waals surface area contributed by atoms with Crippen molar-refractivity contribution in [1.29, 1.82) is 0 Å². The number of rotatable bonds is 4. The Bertz CT molecular complexity index is 496. The molecule has 0 bridgehead atoms. The number of halogens is 1. The molecular weight excluding hydrogens is 260 g/mol. The lowest BCUT2D eigenvalue weighted by molar-refractivity contribution is 1.08. The van der Waals surface area contributed by atoms with Crippen molar-refractivity contribution in [3.05, 3.63) is 16.8 Å². The van der Waals surface area contributed by atoms with E-state index in [0.29, 0.717) is 5.88 Å². The van der Waals surface area contributed by atoms with Gasteiger partial charge in [-0.3, -0.25) is 0 Å². The minimum Gasteiger partial charge on any atom is -0.229 e. The van der Waals surface area contributed by atoms with Gasteiger partial charge in [-0.2, -0.15) is 0 Å². The highest BCUT2D eigenvalue weighted by molar-refractivity contribution is 7.99. The summed E-state index contributed by atoms with van der Waals surface area (Å²) in [5.41, 5.74) is 1.31. The van der Waals surface area contributed by atoms with Gasteiger partial charge in [0.05, 0.1) is 0 Å². The van der Waals surface area contributed by atoms with E-state index < -0.39 is 0 Å². The maximum absolute atomic E-state index is 5.68. The molecule has 0 aliphatic rings. The van der Waals surface area contributed by atoms with E-state index in [1.807, 2.05) is 0 Å². The van der Waals surface area contributed by atoms with Crippen molar-refractivity contribution in [2.75, 3.05) is 11.6 Å². The third-order valence-corrected chi connectivity index (χ3v) is 4.91. The molecule has 16 heavy (non-hydrogen) atoms. The summed E-state index contributed by atoms with van der Waals surface area (Å²) in [6.45, 7) is 4.28. The highest BCUT2D eigenvalue weighted by Gasteiger charge is 2.11. The Morgan fingerprint density at radius 3 is 2.94 bits per heavy atom. The molecule has 86 valence electrons. The lowest BCUT2D eigenvalue weighted by atomic mass is 10.2. The second-order valence-corrected chi connectivity index (χ2v) is 6.20. The van der Waals surface area contributed by atoms with Gasteiger partial charge in [-0.1, -0.05) is 0 Å². The van der Waals surface area contributed by atoms with E-state index >= 15 is 0 Å². The van der Waals surface area contributed by atoms with Crippen LogP contribution in [0.25, 0.3) is 10.2 Å². The van der Waals surface area contributed by atoms with Crippen molar-refractivity contribution in [2.24, 2.45) is 0 Å². The second-order valence-electron chi connectivity index (χ2n) is 3.53. The number of alkyl halides is 1. The van der Waals surface area contributed by atoms with E-state index in [1.165, 1.54) is 15.8 Å². The zero-order valence-electron chi connectivity index (χ0n) is 9.29. The first-order chi connectivity index (χ1) is 7.74. The Labute approximate surface area is 108 Å². The van der Waals surface area contributed by atoms with Crippen LogP contribution in [0, 0.1) is 13.8 Å². The summed E-state index contributed by atoms with van der Waals surface area (Å²) in [7, 11) is 0. The average Bonchev–Trinajstić information content (AvgIpc) is 2.56. The van der Waals surface area contributed by atoms with Gasteiger partial charge in [0.25, 0.3) is 0 Å². The van der Waals surface area contributed by atoms with E-state index in [1.54, 1.807) is 29.4 Å². The van der Waals surface area contributed by atoms with Gasteiger partial charge in [0, 0.05) is 21.9 Å². The van der Waals surface area contributed by atoms with Crippen molar-refractivity contribution in [2.45, 2.75) is 25.3 Å². The molecule has 0 radical (unpaired) electrons. The summed E-state index contributed by atoms with van der Waals surface area (Å²) in [4.78, 5) is 11.1. The van der Waals surface area contributed by atoms with E-state index in [2.05, 4.69) is 23.8 Å². The number of fused-ring (bicyclic) bond motifs is 1. The minimum atomic E-state index is 0.711. The molecule has 5 heteroatoms. The molecule has 0 saturated carbocycles. The first-order valence-corrected chi connectivity index (χ1v) is 7.47. The number of thioether (sulfide) groups is 1. The Morgan fingerprint density at radius 2 is 2.19 bits per heavy atom. The summed E-state index contributed by atoms with van der Waals surface area (Å²) >= 11 is 9.19. The molecule has 0 aliphatic heterocycles. The maximum Gasteiger partial charge on any atom is 0.128 e. The van der Waals surface area contributed by atoms with Crippen LogP contribution in [0.2, 0.25) is 0 Å². The van der Waals surface area contributed by atoms with Gasteiger partial charge in [0.15, 0.2) is 0 Å². The molecule has 2 heterocycles. The monoisotopic (exact) mass is 272 g/mol. The molecule has 0 N–H and O–H groups in total.